The molecule has 4 aromatic carbocycles. The number of nitrogens with zero attached hydrogens (tertiary/aromatic N) is 2. The number of nitrogens with one attached hydrogen (secondary N) is 14. The molecule has 10 rings (SSSR count). The lowest BCUT2D eigenvalue weighted by molar-refractivity contribution is -0.136. The third-order valence-corrected chi connectivity index (χ3v) is 22.7. The Bertz CT molecular complexity index is 4400. The van der Waals surface area contributed by atoms with Crippen LogP contribution < -0.4 is 64.6 Å². The van der Waals surface area contributed by atoms with Gasteiger partial charge in [0.1, 0.15) is 59.6 Å². The summed E-state index contributed by atoms with van der Waals surface area (Å²) in [5, 5.41) is 28.7. The molecule has 2 aliphatic heterocycles. The molecule has 6 heterocycles. The Morgan fingerprint density at radius 2 is 0.868 bits per heavy atom. The van der Waals surface area contributed by atoms with Crippen LogP contribution in [0, 0.1) is 23.7 Å². The zero-order valence-electron chi connectivity index (χ0n) is 63.1. The molecule has 18 N–H and O–H groups in total. The molecule has 12 amide bonds. The summed E-state index contributed by atoms with van der Waals surface area (Å²) in [5.41, 5.74) is 15.3. The largest absolute Gasteiger partial charge is 0.361 e. The van der Waals surface area contributed by atoms with Gasteiger partial charge < -0.3 is 84.6 Å². The summed E-state index contributed by atoms with van der Waals surface area (Å²) >= 11 is 0. The Kier molecular flexibility index (Phi) is 30.8. The molecule has 0 saturated carbocycles. The highest BCUT2D eigenvalue weighted by molar-refractivity contribution is 8.76. The molecule has 2 bridgehead atoms. The molecule has 602 valence electrons. The van der Waals surface area contributed by atoms with Crippen molar-refractivity contribution in [2.75, 3.05) is 24.6 Å². The normalized spacial score (nSPS) is 23.7. The number of nitrogens with two attached hydrogens (primary N) is 2. The van der Waals surface area contributed by atoms with Crippen LogP contribution in [-0.4, -0.2) is 185 Å². The first-order valence-electron chi connectivity index (χ1n) is 37.9. The average Bonchev–Trinajstić information content (AvgIpc) is 1.66. The number of rotatable bonds is 20. The Morgan fingerprint density at radius 3 is 1.43 bits per heavy atom. The maximum Gasteiger partial charge on any atom is 0.312 e. The highest BCUT2D eigenvalue weighted by Crippen LogP contribution is 2.32. The Balaban J connectivity index is 1.08. The molecular formula is C80H96N18O14S2. The number of aromatic nitrogens is 6. The number of Topliss-reactive ketones (excluding diaryl/α,β-unsaturated/α-hetero) is 4. The minimum absolute atomic E-state index is 0.0320. The van der Waals surface area contributed by atoms with Gasteiger partial charge in [0.25, 0.3) is 0 Å². The van der Waals surface area contributed by atoms with E-state index >= 15 is 47.9 Å². The van der Waals surface area contributed by atoms with E-state index < -0.39 is 180 Å². The third kappa shape index (κ3) is 24.8. The predicted octanol–water partition coefficient (Wildman–Crippen LogP) is 3.38. The molecule has 32 nitrogen and oxygen atoms in total. The van der Waals surface area contributed by atoms with Gasteiger partial charge in [-0.15, -0.1) is 0 Å². The van der Waals surface area contributed by atoms with Crippen molar-refractivity contribution in [2.24, 2.45) is 35.1 Å². The molecule has 2 fully saturated rings. The van der Waals surface area contributed by atoms with Crippen molar-refractivity contribution >= 4 is 126 Å². The zero-order valence-corrected chi connectivity index (χ0v) is 64.7. The van der Waals surface area contributed by atoms with Gasteiger partial charge in [0.2, 0.25) is 47.3 Å². The van der Waals surface area contributed by atoms with Crippen LogP contribution in [0.1, 0.15) is 98.9 Å². The minimum Gasteiger partial charge on any atom is -0.361 e. The number of para-hydroxylation sites is 2. The highest BCUT2D eigenvalue weighted by atomic mass is 33.1. The van der Waals surface area contributed by atoms with Crippen molar-refractivity contribution in [3.8, 4) is 0 Å². The fourth-order valence-electron chi connectivity index (χ4n) is 13.9. The van der Waals surface area contributed by atoms with Crippen LogP contribution in [0.3, 0.4) is 0 Å². The molecule has 2 aliphatic rings. The van der Waals surface area contributed by atoms with Crippen molar-refractivity contribution in [1.29, 1.82) is 0 Å². The van der Waals surface area contributed by atoms with Crippen LogP contribution in [0.25, 0.3) is 21.8 Å². The van der Waals surface area contributed by atoms with E-state index in [0.717, 1.165) is 32.5 Å². The van der Waals surface area contributed by atoms with Gasteiger partial charge in [-0.25, -0.2) is 19.6 Å². The smallest absolute Gasteiger partial charge is 0.312 e. The lowest BCUT2D eigenvalue weighted by Crippen LogP contribution is -2.61. The first-order valence-corrected chi connectivity index (χ1v) is 40.4. The molecule has 34 heteroatoms. The molecule has 0 unspecified atom stereocenters. The lowest BCUT2D eigenvalue weighted by atomic mass is 9.82. The number of benzene rings is 4. The number of imidazole rings is 2. The predicted molar refractivity (Wildman–Crippen MR) is 427 cm³/mol. The van der Waals surface area contributed by atoms with Crippen molar-refractivity contribution in [1.82, 2.24) is 83.1 Å². The fourth-order valence-corrected chi connectivity index (χ4v) is 16.4. The number of carbonyl (C=O) groups is 14. The molecule has 114 heavy (non-hydrogen) atoms. The number of carbonyl (C=O) groups excluding carboxylic acids is 14. The van der Waals surface area contributed by atoms with Gasteiger partial charge in [-0.1, -0.05) is 126 Å². The molecule has 8 aromatic rings. The number of primary amides is 2. The monoisotopic (exact) mass is 1600 g/mol. The molecule has 4 aromatic heterocycles. The number of hydrogen-bond acceptors (Lipinski definition) is 18. The molecular weight excluding hydrogens is 1500 g/mol. The van der Waals surface area contributed by atoms with E-state index in [1.165, 1.54) is 32.7 Å². The number of hydrogen-bond donors (Lipinski definition) is 16. The second-order valence-corrected chi connectivity index (χ2v) is 31.4. The van der Waals surface area contributed by atoms with Crippen LogP contribution in [0.5, 0.6) is 0 Å². The topological polar surface area (TPSA) is 500 Å². The summed E-state index contributed by atoms with van der Waals surface area (Å²) < 4.78 is 0. The Labute approximate surface area is 664 Å². The maximum atomic E-state index is 15.7. The van der Waals surface area contributed by atoms with Crippen molar-refractivity contribution in [2.45, 2.75) is 152 Å². The van der Waals surface area contributed by atoms with Crippen LogP contribution in [0.15, 0.2) is 147 Å². The van der Waals surface area contributed by atoms with Crippen molar-refractivity contribution in [3.05, 3.63) is 180 Å². The molecule has 2 saturated heterocycles. The number of amides is 12. The van der Waals surface area contributed by atoms with Gasteiger partial charge in [-0.2, -0.15) is 0 Å². The van der Waals surface area contributed by atoms with Gasteiger partial charge in [0.05, 0.1) is 36.0 Å². The maximum absolute atomic E-state index is 15.7. The number of H-pyrrole nitrogens is 4. The van der Waals surface area contributed by atoms with Crippen LogP contribution >= 0.6 is 21.6 Å². The van der Waals surface area contributed by atoms with E-state index in [4.69, 9.17) is 11.5 Å². The molecule has 0 radical (unpaired) electrons. The number of aromatic amines is 4. The lowest BCUT2D eigenvalue weighted by Gasteiger charge is -2.28. The summed E-state index contributed by atoms with van der Waals surface area (Å²) in [5.74, 6) is -14.6. The van der Waals surface area contributed by atoms with E-state index in [1.807, 2.05) is 24.3 Å². The van der Waals surface area contributed by atoms with Gasteiger partial charge in [0.15, 0.2) is 5.78 Å². The SMILES string of the molecule is C[C@@H]1CC(=O)[C@@H]2CSSC[C@H](NC(=O)[C@H](Cc3c[nH]c4ccccc34)NC(=O)[C@H](CCCNC(N)=O)NC(=O)[C@@H](Cc3ccccc3)NC(=O)[C@H](Cc3c[nH]cn3)CC1=O)C(=O)N[C@@H](C)C(=O)N[C@@H](Cc1c[nH]cn1)C(=O)N[C@H](Cc1ccccc1)C(=O)N[C@@H](CCCNC(N)=O)C(=O)C[C@@H](Cc1c[nH]c3ccccc13)C(=O)C2. The molecule has 0 aliphatic carbocycles. The van der Waals surface area contributed by atoms with Crippen LogP contribution in [-0.2, 0) is 96.1 Å². The van der Waals surface area contributed by atoms with Crippen LogP contribution in [0.4, 0.5) is 9.59 Å². The first-order chi connectivity index (χ1) is 54.9. The van der Waals surface area contributed by atoms with E-state index in [1.54, 1.807) is 104 Å². The summed E-state index contributed by atoms with van der Waals surface area (Å²) in [6, 6.07) is 18.1. The number of ketones is 4. The standard InChI is InChI=1S/C80H96N18O14S2/c1-45-27-68(100)53-35-69(101)49(30-51-37-87-58-21-11-9-19-56(51)58)33-70(102)60(23-13-25-85-79(81)111)92-74(106)63(29-48-17-7-4-8-18-48)96-77(109)65(36-55-40-84-44-90-55)94-71(103)46(2)91-78(110)66(42-114-113-41-53)98-76(108)64(32-52-38-88-59-22-12-10-20-57(52)59)97-73(105)61(24-14-26-86-80(82)112)93-75(107)62(28-47-15-5-3-6-16-47)95-72(104)50(34-67(45)99)31-54-39-83-43-89-54/h3-12,15-22,37-40,43-46,49-50,53,60-66,87-88H,13-14,23-36,41-42H2,1-2H3,(H,83,89)(H,84,90)(H,91,110)(H,92,106)(H,93,107)(H,94,103)(H,95,104)(H,96,109)(H,97,105)(H,98,108)(H3,81,85,111)(H3,82,86,112)/t45-,46+,49-,50-,53+,60+,61+,62-,63-,64+,65+,66+/m1/s1. The summed E-state index contributed by atoms with van der Waals surface area (Å²) in [6.07, 6.45) is 6.00. The highest BCUT2D eigenvalue weighted by Gasteiger charge is 2.39. The molecule has 0 spiro atoms. The van der Waals surface area contributed by atoms with Crippen molar-refractivity contribution < 1.29 is 67.1 Å². The van der Waals surface area contributed by atoms with Gasteiger partial charge >= 0.3 is 12.1 Å². The fraction of sp³-hybridized carbons (Fsp3) is 0.400. The van der Waals surface area contributed by atoms with Gasteiger partial charge in [0, 0.05) is 147 Å². The third-order valence-electron chi connectivity index (χ3n) is 20.2. The van der Waals surface area contributed by atoms with Gasteiger partial charge in [-0.05, 0) is 73.4 Å². The first kappa shape index (κ1) is 84.5. The number of urea groups is 2. The van der Waals surface area contributed by atoms with Crippen molar-refractivity contribution in [3.63, 3.8) is 0 Å². The Hall–Kier alpha value is -11.9. The average molecular weight is 1600 g/mol. The summed E-state index contributed by atoms with van der Waals surface area (Å²) in [7, 11) is 2.04. The van der Waals surface area contributed by atoms with E-state index in [-0.39, 0.29) is 88.8 Å². The number of fused-ring (bicyclic) bond motifs is 7. The van der Waals surface area contributed by atoms with Crippen LogP contribution in [0.2, 0.25) is 0 Å². The van der Waals surface area contributed by atoms with E-state index in [9.17, 15) is 19.2 Å². The van der Waals surface area contributed by atoms with Gasteiger partial charge in [-0.3, -0.25) is 57.5 Å². The van der Waals surface area contributed by atoms with E-state index in [0.29, 0.717) is 44.5 Å². The van der Waals surface area contributed by atoms with E-state index in [2.05, 4.69) is 83.1 Å². The second-order valence-electron chi connectivity index (χ2n) is 28.8. The summed E-state index contributed by atoms with van der Waals surface area (Å²) in [4.78, 5) is 227. The second kappa shape index (κ2) is 41.5. The quantitative estimate of drug-likeness (QED) is 0.0384. The zero-order chi connectivity index (χ0) is 81.2. The Morgan fingerprint density at radius 1 is 0.412 bits per heavy atom. The molecule has 12 atom stereocenters. The minimum atomic E-state index is -1.61. The summed E-state index contributed by atoms with van der Waals surface area (Å²) in [6.45, 7) is 2.75.